The molecule has 0 aliphatic carbocycles. The molecule has 4 heteroatoms. The van der Waals surface area contributed by atoms with Crippen molar-refractivity contribution in [2.45, 2.75) is 26.7 Å². The van der Waals surface area contributed by atoms with Gasteiger partial charge >= 0.3 is 0 Å². The normalized spacial score (nSPS) is 10.4. The first kappa shape index (κ1) is 12.5. The second-order valence-electron chi connectivity index (χ2n) is 4.30. The summed E-state index contributed by atoms with van der Waals surface area (Å²) >= 11 is 0. The van der Waals surface area contributed by atoms with Gasteiger partial charge in [0, 0.05) is 30.6 Å². The van der Waals surface area contributed by atoms with E-state index in [1.165, 1.54) is 0 Å². The maximum Gasteiger partial charge on any atom is 0.132 e. The van der Waals surface area contributed by atoms with Crippen LogP contribution in [-0.2, 0) is 6.42 Å². The molecule has 0 saturated heterocycles. The molecule has 0 saturated carbocycles. The molecular formula is C14H18N4. The molecule has 0 radical (unpaired) electrons. The molecule has 94 valence electrons. The largest absolute Gasteiger partial charge is 0.373 e. The number of aryl methyl sites for hydroxylation is 1. The predicted octanol–water partition coefficient (Wildman–Crippen LogP) is 2.84. The molecule has 0 fully saturated rings. The van der Waals surface area contributed by atoms with Gasteiger partial charge in [0.15, 0.2) is 0 Å². The Labute approximate surface area is 108 Å². The van der Waals surface area contributed by atoms with Crippen molar-refractivity contribution in [3.8, 4) is 11.3 Å². The maximum absolute atomic E-state index is 4.43. The molecule has 0 aromatic carbocycles. The topological polar surface area (TPSA) is 50.7 Å². The first-order valence-electron chi connectivity index (χ1n) is 6.20. The molecule has 4 nitrogen and oxygen atoms in total. The van der Waals surface area contributed by atoms with Crippen LogP contribution in [0.25, 0.3) is 11.3 Å². The van der Waals surface area contributed by atoms with Gasteiger partial charge in [-0.05, 0) is 25.0 Å². The van der Waals surface area contributed by atoms with E-state index in [0.29, 0.717) is 0 Å². The summed E-state index contributed by atoms with van der Waals surface area (Å²) in [4.78, 5) is 12.9. The fourth-order valence-electron chi connectivity index (χ4n) is 2.05. The number of nitrogens with one attached hydrogen (secondary N) is 1. The van der Waals surface area contributed by atoms with Crippen LogP contribution in [0.3, 0.4) is 0 Å². The lowest BCUT2D eigenvalue weighted by molar-refractivity contribution is 0.905. The number of anilines is 1. The predicted molar refractivity (Wildman–Crippen MR) is 73.5 cm³/mol. The zero-order valence-electron chi connectivity index (χ0n) is 11.1. The summed E-state index contributed by atoms with van der Waals surface area (Å²) in [7, 11) is 1.89. The van der Waals surface area contributed by atoms with E-state index in [1.54, 1.807) is 6.33 Å². The smallest absolute Gasteiger partial charge is 0.132 e. The van der Waals surface area contributed by atoms with Crippen molar-refractivity contribution in [2.75, 3.05) is 12.4 Å². The molecule has 0 aliphatic rings. The van der Waals surface area contributed by atoms with E-state index in [9.17, 15) is 0 Å². The molecule has 1 N–H and O–H groups in total. The van der Waals surface area contributed by atoms with Gasteiger partial charge in [-0.15, -0.1) is 0 Å². The average Bonchev–Trinajstić information content (AvgIpc) is 2.39. The van der Waals surface area contributed by atoms with Crippen LogP contribution in [0, 0.1) is 6.92 Å². The highest BCUT2D eigenvalue weighted by molar-refractivity contribution is 5.67. The Kier molecular flexibility index (Phi) is 3.87. The minimum Gasteiger partial charge on any atom is -0.373 e. The third-order valence-electron chi connectivity index (χ3n) is 2.83. The van der Waals surface area contributed by atoms with Gasteiger partial charge in [0.1, 0.15) is 12.1 Å². The Morgan fingerprint density at radius 1 is 1.22 bits per heavy atom. The van der Waals surface area contributed by atoms with E-state index in [1.807, 2.05) is 26.4 Å². The number of aromatic nitrogens is 3. The van der Waals surface area contributed by atoms with Crippen LogP contribution in [-0.4, -0.2) is 22.0 Å². The molecule has 2 rings (SSSR count). The van der Waals surface area contributed by atoms with Gasteiger partial charge in [-0.25, -0.2) is 9.97 Å². The minimum absolute atomic E-state index is 0.906. The molecule has 2 heterocycles. The molecule has 0 bridgehead atoms. The SMILES string of the molecule is CCCc1c(NC)ncnc1-c1cncc(C)c1. The molecule has 2 aromatic rings. The van der Waals surface area contributed by atoms with Crippen LogP contribution < -0.4 is 5.32 Å². The fourth-order valence-corrected chi connectivity index (χ4v) is 2.05. The van der Waals surface area contributed by atoms with Crippen molar-refractivity contribution in [3.63, 3.8) is 0 Å². The van der Waals surface area contributed by atoms with Gasteiger partial charge in [0.2, 0.25) is 0 Å². The highest BCUT2D eigenvalue weighted by Crippen LogP contribution is 2.26. The second-order valence-corrected chi connectivity index (χ2v) is 4.30. The number of hydrogen-bond donors (Lipinski definition) is 1. The van der Waals surface area contributed by atoms with Crippen molar-refractivity contribution >= 4 is 5.82 Å². The van der Waals surface area contributed by atoms with Crippen molar-refractivity contribution in [1.29, 1.82) is 0 Å². The Bertz CT molecular complexity index is 537. The molecule has 0 aliphatic heterocycles. The zero-order chi connectivity index (χ0) is 13.0. The molecule has 0 atom stereocenters. The Hall–Kier alpha value is -1.97. The second kappa shape index (κ2) is 5.58. The van der Waals surface area contributed by atoms with E-state index < -0.39 is 0 Å². The van der Waals surface area contributed by atoms with Gasteiger partial charge in [-0.3, -0.25) is 4.98 Å². The molecule has 18 heavy (non-hydrogen) atoms. The summed E-state index contributed by atoms with van der Waals surface area (Å²) in [6, 6.07) is 2.11. The number of hydrogen-bond acceptors (Lipinski definition) is 4. The van der Waals surface area contributed by atoms with Crippen LogP contribution >= 0.6 is 0 Å². The van der Waals surface area contributed by atoms with Crippen LogP contribution in [0.1, 0.15) is 24.5 Å². The van der Waals surface area contributed by atoms with Crippen molar-refractivity contribution in [1.82, 2.24) is 15.0 Å². The monoisotopic (exact) mass is 242 g/mol. The van der Waals surface area contributed by atoms with Crippen molar-refractivity contribution in [3.05, 3.63) is 35.9 Å². The van der Waals surface area contributed by atoms with Crippen molar-refractivity contribution in [2.24, 2.45) is 0 Å². The lowest BCUT2D eigenvalue weighted by atomic mass is 10.0. The Balaban J connectivity index is 2.55. The highest BCUT2D eigenvalue weighted by atomic mass is 15.0. The fraction of sp³-hybridized carbons (Fsp3) is 0.357. The number of nitrogens with zero attached hydrogens (tertiary/aromatic N) is 3. The van der Waals surface area contributed by atoms with E-state index in [4.69, 9.17) is 0 Å². The van der Waals surface area contributed by atoms with Crippen LogP contribution in [0.4, 0.5) is 5.82 Å². The first-order chi connectivity index (χ1) is 8.76. The van der Waals surface area contributed by atoms with E-state index in [-0.39, 0.29) is 0 Å². The summed E-state index contributed by atoms with van der Waals surface area (Å²) in [5, 5.41) is 3.13. The quantitative estimate of drug-likeness (QED) is 0.895. The Morgan fingerprint density at radius 2 is 2.06 bits per heavy atom. The molecule has 0 spiro atoms. The summed E-state index contributed by atoms with van der Waals surface area (Å²) in [5.41, 5.74) is 4.33. The van der Waals surface area contributed by atoms with E-state index in [0.717, 1.165) is 41.0 Å². The summed E-state index contributed by atoms with van der Waals surface area (Å²) in [5.74, 6) is 0.906. The number of rotatable bonds is 4. The number of pyridine rings is 1. The third kappa shape index (κ3) is 2.47. The standard InChI is InChI=1S/C14H18N4/c1-4-5-12-13(17-9-18-14(12)15-3)11-6-10(2)7-16-8-11/h6-9H,4-5H2,1-3H3,(H,15,17,18). The molecule has 2 aromatic heterocycles. The van der Waals surface area contributed by atoms with Crippen LogP contribution in [0.15, 0.2) is 24.8 Å². The lowest BCUT2D eigenvalue weighted by Crippen LogP contribution is -2.03. The highest BCUT2D eigenvalue weighted by Gasteiger charge is 2.11. The summed E-state index contributed by atoms with van der Waals surface area (Å²) < 4.78 is 0. The van der Waals surface area contributed by atoms with E-state index >= 15 is 0 Å². The van der Waals surface area contributed by atoms with Crippen LogP contribution in [0.2, 0.25) is 0 Å². The van der Waals surface area contributed by atoms with E-state index in [2.05, 4.69) is 33.3 Å². The Morgan fingerprint density at radius 3 is 2.72 bits per heavy atom. The summed E-state index contributed by atoms with van der Waals surface area (Å²) in [6.45, 7) is 4.20. The van der Waals surface area contributed by atoms with Gasteiger partial charge in [0.25, 0.3) is 0 Å². The lowest BCUT2D eigenvalue weighted by Gasteiger charge is -2.12. The van der Waals surface area contributed by atoms with Crippen molar-refractivity contribution < 1.29 is 0 Å². The third-order valence-corrected chi connectivity index (χ3v) is 2.83. The van der Waals surface area contributed by atoms with Gasteiger partial charge in [-0.2, -0.15) is 0 Å². The summed E-state index contributed by atoms with van der Waals surface area (Å²) in [6.07, 6.45) is 7.33. The van der Waals surface area contributed by atoms with Gasteiger partial charge < -0.3 is 5.32 Å². The van der Waals surface area contributed by atoms with Gasteiger partial charge in [0.05, 0.1) is 5.69 Å². The zero-order valence-corrected chi connectivity index (χ0v) is 11.1. The average molecular weight is 242 g/mol. The molecule has 0 amide bonds. The van der Waals surface area contributed by atoms with Gasteiger partial charge in [-0.1, -0.05) is 13.3 Å². The minimum atomic E-state index is 0.906. The molecule has 0 unspecified atom stereocenters. The maximum atomic E-state index is 4.43. The first-order valence-corrected chi connectivity index (χ1v) is 6.20. The molecular weight excluding hydrogens is 224 g/mol. The van der Waals surface area contributed by atoms with Crippen LogP contribution in [0.5, 0.6) is 0 Å².